The predicted molar refractivity (Wildman–Crippen MR) is 82.0 cm³/mol. The van der Waals surface area contributed by atoms with Gasteiger partial charge in [-0.2, -0.15) is 5.26 Å². The Labute approximate surface area is 126 Å². The molecule has 21 heavy (non-hydrogen) atoms. The summed E-state index contributed by atoms with van der Waals surface area (Å²) in [6, 6.07) is 13.3. The zero-order valence-corrected chi connectivity index (χ0v) is 12.1. The SMILES string of the molecule is COc1cc(-c2nc(-c3ccc(C#N)cc3)cs2)ccn1. The van der Waals surface area contributed by atoms with E-state index in [9.17, 15) is 0 Å². The van der Waals surface area contributed by atoms with Crippen molar-refractivity contribution in [2.45, 2.75) is 0 Å². The Kier molecular flexibility index (Phi) is 3.63. The van der Waals surface area contributed by atoms with Crippen molar-refractivity contribution in [1.82, 2.24) is 9.97 Å². The van der Waals surface area contributed by atoms with E-state index in [1.165, 1.54) is 0 Å². The minimum absolute atomic E-state index is 0.572. The summed E-state index contributed by atoms with van der Waals surface area (Å²) in [5, 5.41) is 11.7. The lowest BCUT2D eigenvalue weighted by Gasteiger charge is -2.00. The van der Waals surface area contributed by atoms with E-state index in [0.717, 1.165) is 21.8 Å². The van der Waals surface area contributed by atoms with Gasteiger partial charge in [-0.05, 0) is 18.2 Å². The van der Waals surface area contributed by atoms with E-state index < -0.39 is 0 Å². The molecular weight excluding hydrogens is 282 g/mol. The van der Waals surface area contributed by atoms with Crippen molar-refractivity contribution >= 4 is 11.3 Å². The van der Waals surface area contributed by atoms with Crippen molar-refractivity contribution in [2.24, 2.45) is 0 Å². The number of methoxy groups -OCH3 is 1. The smallest absolute Gasteiger partial charge is 0.213 e. The lowest BCUT2D eigenvalue weighted by molar-refractivity contribution is 0.398. The molecule has 5 heteroatoms. The highest BCUT2D eigenvalue weighted by Gasteiger charge is 2.08. The second-order valence-electron chi connectivity index (χ2n) is 4.31. The summed E-state index contributed by atoms with van der Waals surface area (Å²) in [5.41, 5.74) is 3.52. The van der Waals surface area contributed by atoms with Gasteiger partial charge in [0.15, 0.2) is 0 Å². The third-order valence-electron chi connectivity index (χ3n) is 3.00. The van der Waals surface area contributed by atoms with Crippen LogP contribution in [0.1, 0.15) is 5.56 Å². The molecule has 0 amide bonds. The maximum absolute atomic E-state index is 8.82. The molecule has 0 unspecified atom stereocenters. The summed E-state index contributed by atoms with van der Waals surface area (Å²) in [4.78, 5) is 8.73. The fraction of sp³-hybridized carbons (Fsp3) is 0.0625. The Morgan fingerprint density at radius 3 is 2.67 bits per heavy atom. The largest absolute Gasteiger partial charge is 0.481 e. The van der Waals surface area contributed by atoms with Gasteiger partial charge in [0.05, 0.1) is 24.4 Å². The fourth-order valence-electron chi connectivity index (χ4n) is 1.91. The van der Waals surface area contributed by atoms with Gasteiger partial charge in [0.2, 0.25) is 5.88 Å². The van der Waals surface area contributed by atoms with Crippen molar-refractivity contribution in [1.29, 1.82) is 5.26 Å². The molecule has 0 aliphatic rings. The summed E-state index contributed by atoms with van der Waals surface area (Å²) < 4.78 is 5.13. The molecule has 3 aromatic rings. The minimum Gasteiger partial charge on any atom is -0.481 e. The molecule has 0 saturated carbocycles. The highest BCUT2D eigenvalue weighted by molar-refractivity contribution is 7.13. The number of hydrogen-bond acceptors (Lipinski definition) is 5. The molecule has 2 aromatic heterocycles. The number of pyridine rings is 1. The zero-order chi connectivity index (χ0) is 14.7. The van der Waals surface area contributed by atoms with Crippen molar-refractivity contribution in [3.63, 3.8) is 0 Å². The molecule has 0 fully saturated rings. The van der Waals surface area contributed by atoms with E-state index >= 15 is 0 Å². The molecule has 4 nitrogen and oxygen atoms in total. The van der Waals surface area contributed by atoms with Crippen LogP contribution in [0, 0.1) is 11.3 Å². The number of nitriles is 1. The van der Waals surface area contributed by atoms with E-state index in [-0.39, 0.29) is 0 Å². The van der Waals surface area contributed by atoms with Crippen LogP contribution in [0.4, 0.5) is 0 Å². The summed E-state index contributed by atoms with van der Waals surface area (Å²) in [6.45, 7) is 0. The third-order valence-corrected chi connectivity index (χ3v) is 3.90. The van der Waals surface area contributed by atoms with Gasteiger partial charge in [0.25, 0.3) is 0 Å². The van der Waals surface area contributed by atoms with E-state index in [2.05, 4.69) is 16.0 Å². The van der Waals surface area contributed by atoms with Crippen LogP contribution in [0.25, 0.3) is 21.8 Å². The molecule has 0 aliphatic heterocycles. The molecule has 0 saturated heterocycles. The summed E-state index contributed by atoms with van der Waals surface area (Å²) in [6.07, 6.45) is 1.71. The number of benzene rings is 1. The van der Waals surface area contributed by atoms with Gasteiger partial charge in [0, 0.05) is 28.8 Å². The number of aromatic nitrogens is 2. The van der Waals surface area contributed by atoms with Crippen LogP contribution in [0.3, 0.4) is 0 Å². The molecule has 0 N–H and O–H groups in total. The molecule has 3 rings (SSSR count). The van der Waals surface area contributed by atoms with E-state index in [1.807, 2.05) is 29.6 Å². The topological polar surface area (TPSA) is 58.8 Å². The molecule has 1 aromatic carbocycles. The standard InChI is InChI=1S/C16H11N3OS/c1-20-15-8-13(6-7-18-15)16-19-14(10-21-16)12-4-2-11(9-17)3-5-12/h2-8,10H,1H3. The quantitative estimate of drug-likeness (QED) is 0.738. The molecule has 0 spiro atoms. The Hall–Kier alpha value is -2.71. The molecular formula is C16H11N3OS. The highest BCUT2D eigenvalue weighted by Crippen LogP contribution is 2.29. The fourth-order valence-corrected chi connectivity index (χ4v) is 2.73. The van der Waals surface area contributed by atoms with E-state index in [4.69, 9.17) is 10.00 Å². The Bertz CT molecular complexity index is 803. The number of hydrogen-bond donors (Lipinski definition) is 0. The second-order valence-corrected chi connectivity index (χ2v) is 5.17. The van der Waals surface area contributed by atoms with Gasteiger partial charge in [-0.15, -0.1) is 11.3 Å². The van der Waals surface area contributed by atoms with Crippen LogP contribution in [-0.2, 0) is 0 Å². The normalized spacial score (nSPS) is 10.1. The first-order valence-electron chi connectivity index (χ1n) is 6.26. The van der Waals surface area contributed by atoms with E-state index in [1.54, 1.807) is 36.8 Å². The predicted octanol–water partition coefficient (Wildman–Crippen LogP) is 3.75. The monoisotopic (exact) mass is 293 g/mol. The number of thiazole rings is 1. The first-order chi connectivity index (χ1) is 10.3. The molecule has 0 radical (unpaired) electrons. The van der Waals surface area contributed by atoms with Crippen molar-refractivity contribution in [3.05, 3.63) is 53.5 Å². The minimum atomic E-state index is 0.572. The molecule has 0 aliphatic carbocycles. The second kappa shape index (κ2) is 5.73. The van der Waals surface area contributed by atoms with Crippen LogP contribution < -0.4 is 4.74 Å². The van der Waals surface area contributed by atoms with Gasteiger partial charge in [-0.3, -0.25) is 0 Å². The van der Waals surface area contributed by atoms with Gasteiger partial charge >= 0.3 is 0 Å². The van der Waals surface area contributed by atoms with Crippen LogP contribution in [0.5, 0.6) is 5.88 Å². The van der Waals surface area contributed by atoms with Crippen LogP contribution >= 0.6 is 11.3 Å². The van der Waals surface area contributed by atoms with Crippen molar-refractivity contribution in [3.8, 4) is 33.8 Å². The third kappa shape index (κ3) is 2.76. The number of nitrogens with zero attached hydrogens (tertiary/aromatic N) is 3. The van der Waals surface area contributed by atoms with E-state index in [0.29, 0.717) is 11.4 Å². The maximum atomic E-state index is 8.82. The lowest BCUT2D eigenvalue weighted by Crippen LogP contribution is -1.87. The summed E-state index contributed by atoms with van der Waals surface area (Å²) in [7, 11) is 1.59. The van der Waals surface area contributed by atoms with Crippen molar-refractivity contribution < 1.29 is 4.74 Å². The molecule has 2 heterocycles. The highest BCUT2D eigenvalue weighted by atomic mass is 32.1. The van der Waals surface area contributed by atoms with Crippen molar-refractivity contribution in [2.75, 3.05) is 7.11 Å². The van der Waals surface area contributed by atoms with Crippen LogP contribution in [0.15, 0.2) is 48.0 Å². The molecule has 0 bridgehead atoms. The molecule has 102 valence electrons. The summed E-state index contributed by atoms with van der Waals surface area (Å²) in [5.74, 6) is 0.572. The Balaban J connectivity index is 1.93. The average Bonchev–Trinajstić information content (AvgIpc) is 3.05. The number of rotatable bonds is 3. The first-order valence-corrected chi connectivity index (χ1v) is 7.14. The van der Waals surface area contributed by atoms with Gasteiger partial charge < -0.3 is 4.74 Å². The first kappa shape index (κ1) is 13.3. The Morgan fingerprint density at radius 2 is 1.95 bits per heavy atom. The van der Waals surface area contributed by atoms with Crippen LogP contribution in [0.2, 0.25) is 0 Å². The molecule has 0 atom stereocenters. The van der Waals surface area contributed by atoms with Gasteiger partial charge in [0.1, 0.15) is 5.01 Å². The average molecular weight is 293 g/mol. The number of ether oxygens (including phenoxy) is 1. The van der Waals surface area contributed by atoms with Crippen LogP contribution in [-0.4, -0.2) is 17.1 Å². The Morgan fingerprint density at radius 1 is 1.14 bits per heavy atom. The maximum Gasteiger partial charge on any atom is 0.213 e. The summed E-state index contributed by atoms with van der Waals surface area (Å²) >= 11 is 1.57. The van der Waals surface area contributed by atoms with Gasteiger partial charge in [-0.25, -0.2) is 9.97 Å². The lowest BCUT2D eigenvalue weighted by atomic mass is 10.1. The van der Waals surface area contributed by atoms with Gasteiger partial charge in [-0.1, -0.05) is 12.1 Å². The zero-order valence-electron chi connectivity index (χ0n) is 11.3.